The first-order valence-corrected chi connectivity index (χ1v) is 18.5. The second-order valence-electron chi connectivity index (χ2n) is 14.3. The molecule has 9 N–H and O–H groups in total. The Kier molecular flexibility index (Phi) is 15.6. The lowest BCUT2D eigenvalue weighted by Gasteiger charge is -2.30. The Hall–Kier alpha value is -6.10. The molecule has 2 aromatic carbocycles. The number of H-pyrrole nitrogens is 1. The van der Waals surface area contributed by atoms with Crippen LogP contribution in [0, 0.1) is 5.92 Å². The highest BCUT2D eigenvalue weighted by molar-refractivity contribution is 5.97. The Morgan fingerprint density at radius 2 is 1.36 bits per heavy atom. The van der Waals surface area contributed by atoms with Gasteiger partial charge in [0.1, 0.15) is 30.2 Å². The van der Waals surface area contributed by atoms with Gasteiger partial charge in [0.2, 0.25) is 29.5 Å². The summed E-state index contributed by atoms with van der Waals surface area (Å²) in [5, 5.41) is 29.7. The van der Waals surface area contributed by atoms with Gasteiger partial charge in [-0.25, -0.2) is 9.78 Å². The van der Waals surface area contributed by atoms with Gasteiger partial charge in [0.05, 0.1) is 18.8 Å². The van der Waals surface area contributed by atoms with Crippen molar-refractivity contribution >= 4 is 41.5 Å². The Morgan fingerprint density at radius 3 is 1.91 bits per heavy atom. The topological polar surface area (TPSA) is 266 Å². The SMILES string of the molecule is CC(C)C[C@H](NC(=O)[C@H](Cc1ccccc1)NC(=O)[C@@H]1CCCN1C(=O)[C@H](Cc1cnc[nH]1)NC(=O)[C@@H](N)CC(=O)O)C(=O)N[C@@H](Cc1ccccc1)C(=O)O. The number of carboxylic acids is 2. The summed E-state index contributed by atoms with van der Waals surface area (Å²) in [6.45, 7) is 3.86. The van der Waals surface area contributed by atoms with Crippen LogP contribution in [0.3, 0.4) is 0 Å². The van der Waals surface area contributed by atoms with E-state index >= 15 is 0 Å². The number of benzene rings is 2. The maximum absolute atomic E-state index is 14.1. The molecule has 0 saturated carbocycles. The van der Waals surface area contributed by atoms with E-state index in [1.165, 1.54) is 17.4 Å². The fourth-order valence-electron chi connectivity index (χ4n) is 6.50. The number of carbonyl (C=O) groups excluding carboxylic acids is 5. The second-order valence-corrected chi connectivity index (χ2v) is 14.3. The number of aliphatic carboxylic acids is 2. The molecule has 56 heavy (non-hydrogen) atoms. The van der Waals surface area contributed by atoms with Gasteiger partial charge in [-0.1, -0.05) is 74.5 Å². The highest BCUT2D eigenvalue weighted by Crippen LogP contribution is 2.21. The van der Waals surface area contributed by atoms with E-state index in [0.29, 0.717) is 23.2 Å². The number of carboxylic acid groups (broad SMARTS) is 2. The molecule has 1 aromatic heterocycles. The van der Waals surface area contributed by atoms with Crippen LogP contribution in [0.4, 0.5) is 0 Å². The molecule has 17 heteroatoms. The summed E-state index contributed by atoms with van der Waals surface area (Å²) in [6, 6.07) is 10.4. The molecule has 300 valence electrons. The first-order valence-electron chi connectivity index (χ1n) is 18.5. The summed E-state index contributed by atoms with van der Waals surface area (Å²) in [6.07, 6.45) is 3.04. The van der Waals surface area contributed by atoms with Crippen molar-refractivity contribution in [3.8, 4) is 0 Å². The minimum absolute atomic E-state index is 0.0229. The van der Waals surface area contributed by atoms with E-state index in [0.717, 1.165) is 0 Å². The van der Waals surface area contributed by atoms with Gasteiger partial charge in [0.25, 0.3) is 0 Å². The van der Waals surface area contributed by atoms with Crippen LogP contribution >= 0.6 is 0 Å². The maximum Gasteiger partial charge on any atom is 0.326 e. The third-order valence-electron chi connectivity index (χ3n) is 9.32. The number of amides is 5. The van der Waals surface area contributed by atoms with Crippen LogP contribution in [0.25, 0.3) is 0 Å². The van der Waals surface area contributed by atoms with Crippen molar-refractivity contribution in [1.29, 1.82) is 0 Å². The van der Waals surface area contributed by atoms with Gasteiger partial charge < -0.3 is 47.1 Å². The van der Waals surface area contributed by atoms with E-state index in [1.807, 2.05) is 13.8 Å². The molecule has 5 amide bonds. The number of imidazole rings is 1. The first-order chi connectivity index (χ1) is 26.7. The maximum atomic E-state index is 14.1. The van der Waals surface area contributed by atoms with Gasteiger partial charge >= 0.3 is 11.9 Å². The number of aromatic nitrogens is 2. The predicted octanol–water partition coefficient (Wildman–Crippen LogP) is 0.301. The quantitative estimate of drug-likeness (QED) is 0.0774. The lowest BCUT2D eigenvalue weighted by Crippen LogP contribution is -2.59. The van der Waals surface area contributed by atoms with Crippen molar-refractivity contribution in [3.63, 3.8) is 0 Å². The number of nitrogens with zero attached hydrogens (tertiary/aromatic N) is 2. The van der Waals surface area contributed by atoms with E-state index < -0.39 is 84.1 Å². The fraction of sp³-hybridized carbons (Fsp3) is 0.436. The summed E-state index contributed by atoms with van der Waals surface area (Å²) in [5.41, 5.74) is 7.66. The van der Waals surface area contributed by atoms with Gasteiger partial charge in [-0.15, -0.1) is 0 Å². The lowest BCUT2D eigenvalue weighted by molar-refractivity contribution is -0.143. The number of hydrogen-bond acceptors (Lipinski definition) is 9. The van der Waals surface area contributed by atoms with Crippen molar-refractivity contribution in [2.45, 2.75) is 95.0 Å². The molecule has 0 spiro atoms. The molecule has 2 heterocycles. The van der Waals surface area contributed by atoms with Crippen molar-refractivity contribution in [2.75, 3.05) is 6.54 Å². The van der Waals surface area contributed by atoms with Crippen LogP contribution in [0.1, 0.15) is 56.4 Å². The molecule has 0 bridgehead atoms. The van der Waals surface area contributed by atoms with E-state index in [-0.39, 0.29) is 44.6 Å². The third-order valence-corrected chi connectivity index (χ3v) is 9.32. The van der Waals surface area contributed by atoms with E-state index in [4.69, 9.17) is 10.8 Å². The molecule has 1 aliphatic heterocycles. The summed E-state index contributed by atoms with van der Waals surface area (Å²) >= 11 is 0. The molecule has 17 nitrogen and oxygen atoms in total. The van der Waals surface area contributed by atoms with Gasteiger partial charge in [-0.05, 0) is 36.3 Å². The number of hydrogen-bond donors (Lipinski definition) is 8. The van der Waals surface area contributed by atoms with Crippen LogP contribution in [0.5, 0.6) is 0 Å². The predicted molar refractivity (Wildman–Crippen MR) is 202 cm³/mol. The van der Waals surface area contributed by atoms with E-state index in [9.17, 15) is 38.7 Å². The van der Waals surface area contributed by atoms with Crippen molar-refractivity contribution in [1.82, 2.24) is 36.1 Å². The monoisotopic (exact) mass is 774 g/mol. The summed E-state index contributed by atoms with van der Waals surface area (Å²) in [5.74, 6) is -6.12. The Bertz CT molecular complexity index is 1810. The number of rotatable bonds is 20. The zero-order valence-electron chi connectivity index (χ0n) is 31.4. The summed E-state index contributed by atoms with van der Waals surface area (Å²) in [7, 11) is 0. The molecule has 0 aliphatic carbocycles. The molecular formula is C39H50N8O9. The zero-order chi connectivity index (χ0) is 40.8. The summed E-state index contributed by atoms with van der Waals surface area (Å²) in [4.78, 5) is 100. The minimum atomic E-state index is -1.43. The average Bonchev–Trinajstić information content (AvgIpc) is 3.87. The Balaban J connectivity index is 1.53. The number of carbonyl (C=O) groups is 7. The van der Waals surface area contributed by atoms with Gasteiger partial charge in [-0.2, -0.15) is 0 Å². The second kappa shape index (κ2) is 20.5. The molecule has 1 aliphatic rings. The molecular weight excluding hydrogens is 724 g/mol. The van der Waals surface area contributed by atoms with E-state index in [1.54, 1.807) is 60.7 Å². The van der Waals surface area contributed by atoms with Crippen LogP contribution in [-0.2, 0) is 52.8 Å². The molecule has 0 unspecified atom stereocenters. The van der Waals surface area contributed by atoms with Crippen LogP contribution in [0.2, 0.25) is 0 Å². The van der Waals surface area contributed by atoms with Crippen molar-refractivity contribution in [2.24, 2.45) is 11.7 Å². The Morgan fingerprint density at radius 1 is 0.786 bits per heavy atom. The van der Waals surface area contributed by atoms with Crippen molar-refractivity contribution in [3.05, 3.63) is 90.0 Å². The average molecular weight is 775 g/mol. The molecule has 1 saturated heterocycles. The van der Waals surface area contributed by atoms with Gasteiger partial charge in [0, 0.05) is 37.7 Å². The molecule has 1 fully saturated rings. The third kappa shape index (κ3) is 12.8. The molecule has 3 aromatic rings. The standard InChI is InChI=1S/C39H50N8O9/c1-23(2)16-28(35(51)46-31(39(55)56)18-25-12-7-4-8-13-25)43-36(52)29(17-24-10-5-3-6-11-24)44-37(53)32-14-9-15-47(32)38(54)30(19-26-21-41-22-42-26)45-34(50)27(40)20-33(48)49/h3-8,10-13,21-23,27-32H,9,14-20,40H2,1-2H3,(H,41,42)(H,43,52)(H,44,53)(H,45,50)(H,46,51)(H,48,49)(H,55,56)/t27-,28-,29-,30-,31-,32-/m0/s1. The van der Waals surface area contributed by atoms with Crippen LogP contribution in [-0.4, -0.2) is 109 Å². The first kappa shape index (κ1) is 42.6. The minimum Gasteiger partial charge on any atom is -0.481 e. The number of likely N-dealkylation sites (tertiary alicyclic amines) is 1. The smallest absolute Gasteiger partial charge is 0.326 e. The molecule has 0 radical (unpaired) electrons. The van der Waals surface area contributed by atoms with E-state index in [2.05, 4.69) is 31.2 Å². The van der Waals surface area contributed by atoms with Crippen LogP contribution < -0.4 is 27.0 Å². The number of aromatic amines is 1. The van der Waals surface area contributed by atoms with Gasteiger partial charge in [-0.3, -0.25) is 28.8 Å². The largest absolute Gasteiger partial charge is 0.481 e. The van der Waals surface area contributed by atoms with Crippen molar-refractivity contribution < 1.29 is 43.8 Å². The number of nitrogens with two attached hydrogens (primary N) is 1. The summed E-state index contributed by atoms with van der Waals surface area (Å²) < 4.78 is 0. The normalized spacial score (nSPS) is 16.5. The lowest BCUT2D eigenvalue weighted by atomic mass is 9.99. The number of nitrogens with one attached hydrogen (secondary N) is 5. The molecule has 4 rings (SSSR count). The highest BCUT2D eigenvalue weighted by atomic mass is 16.4. The zero-order valence-corrected chi connectivity index (χ0v) is 31.4. The molecule has 6 atom stereocenters. The van der Waals surface area contributed by atoms with Crippen LogP contribution in [0.15, 0.2) is 73.2 Å². The highest BCUT2D eigenvalue weighted by Gasteiger charge is 2.40. The fourth-order valence-corrected chi connectivity index (χ4v) is 6.50. The Labute approximate surface area is 324 Å². The van der Waals surface area contributed by atoms with Gasteiger partial charge in [0.15, 0.2) is 0 Å².